The highest BCUT2D eigenvalue weighted by Crippen LogP contribution is 2.34. The van der Waals surface area contributed by atoms with Crippen molar-refractivity contribution in [3.63, 3.8) is 0 Å². The van der Waals surface area contributed by atoms with E-state index in [9.17, 15) is 9.90 Å². The minimum absolute atomic E-state index is 0.142. The highest BCUT2D eigenvalue weighted by atomic mass is 35.5. The van der Waals surface area contributed by atoms with E-state index in [-0.39, 0.29) is 11.3 Å². The van der Waals surface area contributed by atoms with E-state index in [2.05, 4.69) is 25.9 Å². The first-order valence-corrected chi connectivity index (χ1v) is 11.0. The van der Waals surface area contributed by atoms with Crippen molar-refractivity contribution in [2.24, 2.45) is 0 Å². The Balaban J connectivity index is 1.56. The lowest BCUT2D eigenvalue weighted by molar-refractivity contribution is 0.0692. The predicted octanol–water partition coefficient (Wildman–Crippen LogP) is 5.20. The largest absolute Gasteiger partial charge is 0.496 e. The van der Waals surface area contributed by atoms with Gasteiger partial charge in [-0.3, -0.25) is 0 Å². The van der Waals surface area contributed by atoms with Crippen molar-refractivity contribution in [1.29, 1.82) is 0 Å². The molecule has 0 atom stereocenters. The minimum atomic E-state index is -1.03. The summed E-state index contributed by atoms with van der Waals surface area (Å²) in [5, 5.41) is 14.4. The van der Waals surface area contributed by atoms with Gasteiger partial charge in [0.15, 0.2) is 0 Å². The summed E-state index contributed by atoms with van der Waals surface area (Å²) >= 11 is 6.49. The van der Waals surface area contributed by atoms with Gasteiger partial charge in [-0.1, -0.05) is 11.6 Å². The number of carboxylic acid groups (broad SMARTS) is 1. The van der Waals surface area contributed by atoms with Crippen LogP contribution in [-0.4, -0.2) is 46.4 Å². The van der Waals surface area contributed by atoms with Gasteiger partial charge < -0.3 is 24.5 Å². The van der Waals surface area contributed by atoms with Gasteiger partial charge in [-0.05, 0) is 49.7 Å². The Hall–Kier alpha value is -3.78. The summed E-state index contributed by atoms with van der Waals surface area (Å²) in [5.41, 5.74) is 4.15. The van der Waals surface area contributed by atoms with Crippen LogP contribution in [0.2, 0.25) is 5.02 Å². The monoisotopic (exact) mass is 480 g/mol. The fourth-order valence-corrected chi connectivity index (χ4v) is 4.42. The number of benzene rings is 2. The molecule has 2 aromatic heterocycles. The number of hydrogen-bond acceptors (Lipinski definition) is 6. The van der Waals surface area contributed by atoms with Crippen LogP contribution in [-0.2, 0) is 6.54 Å². The maximum Gasteiger partial charge on any atom is 0.339 e. The van der Waals surface area contributed by atoms with Gasteiger partial charge in [0.2, 0.25) is 0 Å². The quantitative estimate of drug-likeness (QED) is 0.357. The summed E-state index contributed by atoms with van der Waals surface area (Å²) < 4.78 is 12.9. The molecular formula is C25H25ClN4O4. The third-order valence-electron chi connectivity index (χ3n) is 5.73. The second-order valence-electron chi connectivity index (χ2n) is 7.84. The van der Waals surface area contributed by atoms with E-state index in [1.807, 2.05) is 25.1 Å². The van der Waals surface area contributed by atoms with Crippen LogP contribution in [0.1, 0.15) is 21.6 Å². The van der Waals surface area contributed by atoms with E-state index in [4.69, 9.17) is 21.1 Å². The van der Waals surface area contributed by atoms with Crippen LogP contribution in [0.25, 0.3) is 22.2 Å². The lowest BCUT2D eigenvalue weighted by atomic mass is 10.0. The molecule has 0 aliphatic rings. The summed E-state index contributed by atoms with van der Waals surface area (Å²) in [6.07, 6.45) is 1.47. The number of carbonyl (C=O) groups is 1. The molecule has 0 aliphatic carbocycles. The molecule has 0 saturated carbocycles. The van der Waals surface area contributed by atoms with E-state index in [0.717, 1.165) is 27.9 Å². The van der Waals surface area contributed by atoms with Crippen molar-refractivity contribution < 1.29 is 19.4 Å². The first-order valence-electron chi connectivity index (χ1n) is 10.6. The Bertz CT molecular complexity index is 1380. The van der Waals surface area contributed by atoms with Crippen molar-refractivity contribution >= 4 is 34.3 Å². The number of methoxy groups -OCH3 is 2. The summed E-state index contributed by atoms with van der Waals surface area (Å²) in [4.78, 5) is 20.2. The second-order valence-corrected chi connectivity index (χ2v) is 8.25. The molecule has 0 radical (unpaired) electrons. The number of ether oxygens (including phenoxy) is 2. The zero-order chi connectivity index (χ0) is 24.4. The fourth-order valence-electron chi connectivity index (χ4n) is 4.15. The van der Waals surface area contributed by atoms with Gasteiger partial charge in [0.25, 0.3) is 0 Å². The maximum atomic E-state index is 11.5. The van der Waals surface area contributed by atoms with Gasteiger partial charge in [0, 0.05) is 35.8 Å². The van der Waals surface area contributed by atoms with Crippen molar-refractivity contribution in [2.45, 2.75) is 20.4 Å². The molecule has 2 N–H and O–H groups in total. The van der Waals surface area contributed by atoms with Gasteiger partial charge in [-0.2, -0.15) is 0 Å². The molecule has 2 heterocycles. The number of aromatic nitrogens is 3. The average molecular weight is 481 g/mol. The van der Waals surface area contributed by atoms with Crippen LogP contribution in [0.4, 0.5) is 5.82 Å². The molecular weight excluding hydrogens is 456 g/mol. The first kappa shape index (κ1) is 23.4. The number of nitrogens with zero attached hydrogens (tertiary/aromatic N) is 3. The Kier molecular flexibility index (Phi) is 6.61. The van der Waals surface area contributed by atoms with Crippen molar-refractivity contribution in [3.8, 4) is 22.8 Å². The fraction of sp³-hybridized carbons (Fsp3) is 0.240. The molecule has 34 heavy (non-hydrogen) atoms. The number of carboxylic acids is 1. The number of rotatable bonds is 8. The smallest absolute Gasteiger partial charge is 0.339 e. The Labute approximate surface area is 202 Å². The molecule has 0 unspecified atom stereocenters. The van der Waals surface area contributed by atoms with Crippen LogP contribution in [0.3, 0.4) is 0 Å². The Morgan fingerprint density at radius 2 is 1.85 bits per heavy atom. The first-order chi connectivity index (χ1) is 16.3. The summed E-state index contributed by atoms with van der Waals surface area (Å²) in [6.45, 7) is 5.05. The van der Waals surface area contributed by atoms with E-state index in [1.165, 1.54) is 13.4 Å². The predicted molar refractivity (Wildman–Crippen MR) is 132 cm³/mol. The van der Waals surface area contributed by atoms with Crippen LogP contribution < -0.4 is 14.8 Å². The number of halogens is 1. The number of aryl methyl sites for hydroxylation is 2. The van der Waals surface area contributed by atoms with Crippen molar-refractivity contribution in [1.82, 2.24) is 14.5 Å². The average Bonchev–Trinajstić information content (AvgIpc) is 3.15. The molecule has 0 aliphatic heterocycles. The third-order valence-corrected chi connectivity index (χ3v) is 6.04. The topological polar surface area (TPSA) is 98.5 Å². The van der Waals surface area contributed by atoms with Crippen molar-refractivity contribution in [2.75, 3.05) is 26.1 Å². The number of hydrogen-bond donors (Lipinski definition) is 2. The van der Waals surface area contributed by atoms with Crippen LogP contribution in [0, 0.1) is 13.8 Å². The zero-order valence-electron chi connectivity index (χ0n) is 19.3. The van der Waals surface area contributed by atoms with Crippen LogP contribution in [0.5, 0.6) is 11.5 Å². The molecule has 8 nitrogen and oxygen atoms in total. The molecule has 4 rings (SSSR count). The highest BCUT2D eigenvalue weighted by molar-refractivity contribution is 6.35. The molecule has 0 bridgehead atoms. The van der Waals surface area contributed by atoms with E-state index >= 15 is 0 Å². The van der Waals surface area contributed by atoms with Gasteiger partial charge in [0.1, 0.15) is 29.2 Å². The molecule has 0 fully saturated rings. The lowest BCUT2D eigenvalue weighted by Gasteiger charge is -2.13. The van der Waals surface area contributed by atoms with Crippen LogP contribution in [0.15, 0.2) is 42.7 Å². The number of anilines is 1. The standard InChI is InChI=1S/C25H25ClN4O4/c1-14-9-16(11-21(34-4)23(14)25(31)32)19-12-22(29-13-28-19)27-7-8-30-15(2)10-17-20(33-3)6-5-18(26)24(17)30/h5-6,9-13H,7-8H2,1-4H3,(H,31,32)(H,27,28,29). The van der Waals surface area contributed by atoms with E-state index < -0.39 is 5.97 Å². The molecule has 4 aromatic rings. The molecule has 0 saturated heterocycles. The zero-order valence-corrected chi connectivity index (χ0v) is 20.1. The van der Waals surface area contributed by atoms with Gasteiger partial charge >= 0.3 is 5.97 Å². The normalized spacial score (nSPS) is 11.0. The molecule has 0 amide bonds. The van der Waals surface area contributed by atoms with Gasteiger partial charge in [-0.25, -0.2) is 14.8 Å². The number of fused-ring (bicyclic) bond motifs is 1. The van der Waals surface area contributed by atoms with Gasteiger partial charge in [-0.15, -0.1) is 0 Å². The number of aromatic carboxylic acids is 1. The lowest BCUT2D eigenvalue weighted by Crippen LogP contribution is -2.12. The Morgan fingerprint density at radius 1 is 1.09 bits per heavy atom. The molecule has 176 valence electrons. The second kappa shape index (κ2) is 9.61. The van der Waals surface area contributed by atoms with E-state index in [1.54, 1.807) is 26.2 Å². The van der Waals surface area contributed by atoms with Crippen molar-refractivity contribution in [3.05, 3.63) is 64.6 Å². The summed E-state index contributed by atoms with van der Waals surface area (Å²) in [7, 11) is 3.10. The molecule has 9 heteroatoms. The maximum absolute atomic E-state index is 11.5. The SMILES string of the molecule is COc1cc(-c2cc(NCCn3c(C)cc4c(OC)ccc(Cl)c43)ncn2)cc(C)c1C(=O)O. The van der Waals surface area contributed by atoms with Crippen LogP contribution >= 0.6 is 11.6 Å². The minimum Gasteiger partial charge on any atom is -0.496 e. The molecule has 2 aromatic carbocycles. The highest BCUT2D eigenvalue weighted by Gasteiger charge is 2.17. The number of nitrogens with one attached hydrogen (secondary N) is 1. The summed E-state index contributed by atoms with van der Waals surface area (Å²) in [5.74, 6) is 0.699. The molecule has 0 spiro atoms. The third kappa shape index (κ3) is 4.36. The summed E-state index contributed by atoms with van der Waals surface area (Å²) in [6, 6.07) is 11.1. The van der Waals surface area contributed by atoms with Gasteiger partial charge in [0.05, 0.1) is 30.5 Å². The van der Waals surface area contributed by atoms with E-state index in [0.29, 0.717) is 35.2 Å². The Morgan fingerprint density at radius 3 is 2.56 bits per heavy atom.